The topological polar surface area (TPSA) is 69.6 Å². The Morgan fingerprint density at radius 1 is 1.38 bits per heavy atom. The largest absolute Gasteiger partial charge is 0.478 e. The maximum absolute atomic E-state index is 12.7. The van der Waals surface area contributed by atoms with Crippen LogP contribution in [0, 0.1) is 0 Å². The molecule has 16 heavy (non-hydrogen) atoms. The fourth-order valence-electron chi connectivity index (χ4n) is 1.10. The van der Waals surface area contributed by atoms with E-state index < -0.39 is 25.0 Å². The Morgan fingerprint density at radius 2 is 2.00 bits per heavy atom. The number of para-hydroxylation sites is 1. The number of rotatable bonds is 5. The van der Waals surface area contributed by atoms with Crippen LogP contribution in [0.25, 0.3) is 0 Å². The predicted molar refractivity (Wildman–Crippen MR) is 53.9 cm³/mol. The number of halogens is 2. The van der Waals surface area contributed by atoms with E-state index in [-0.39, 0.29) is 11.3 Å². The van der Waals surface area contributed by atoms with Crippen LogP contribution in [0.2, 0.25) is 0 Å². The zero-order chi connectivity index (χ0) is 12.2. The van der Waals surface area contributed by atoms with E-state index in [0.717, 1.165) is 0 Å². The van der Waals surface area contributed by atoms with Gasteiger partial charge in [0, 0.05) is 5.69 Å². The summed E-state index contributed by atoms with van der Waals surface area (Å²) < 4.78 is 25.4. The molecule has 0 bridgehead atoms. The third-order valence-corrected chi connectivity index (χ3v) is 1.93. The molecule has 0 aliphatic carbocycles. The number of aromatic carboxylic acids is 1. The first kappa shape index (κ1) is 12.4. The van der Waals surface area contributed by atoms with Crippen molar-refractivity contribution in [3.63, 3.8) is 0 Å². The molecule has 1 aromatic rings. The fourth-order valence-corrected chi connectivity index (χ4v) is 1.10. The van der Waals surface area contributed by atoms with Gasteiger partial charge in [0.05, 0.1) is 12.1 Å². The van der Waals surface area contributed by atoms with Crippen molar-refractivity contribution in [2.75, 3.05) is 18.5 Å². The van der Waals surface area contributed by atoms with Gasteiger partial charge in [-0.15, -0.1) is 0 Å². The van der Waals surface area contributed by atoms with Crippen LogP contribution in [-0.2, 0) is 0 Å². The first-order valence-electron chi connectivity index (χ1n) is 4.51. The van der Waals surface area contributed by atoms with Gasteiger partial charge in [-0.25, -0.2) is 13.6 Å². The summed E-state index contributed by atoms with van der Waals surface area (Å²) in [5.41, 5.74) is 0.0133. The molecule has 0 spiro atoms. The SMILES string of the molecule is O=C(O)c1ccccc1NCC(F)(F)CO. The third kappa shape index (κ3) is 3.16. The van der Waals surface area contributed by atoms with Crippen molar-refractivity contribution < 1.29 is 23.8 Å². The van der Waals surface area contributed by atoms with E-state index in [9.17, 15) is 13.6 Å². The van der Waals surface area contributed by atoms with Crippen molar-refractivity contribution in [1.29, 1.82) is 0 Å². The monoisotopic (exact) mass is 231 g/mol. The first-order chi connectivity index (χ1) is 7.46. The van der Waals surface area contributed by atoms with Crippen LogP contribution >= 0.6 is 0 Å². The Balaban J connectivity index is 2.78. The minimum atomic E-state index is -3.27. The van der Waals surface area contributed by atoms with Crippen LogP contribution in [0.3, 0.4) is 0 Å². The molecule has 0 radical (unpaired) electrons. The fraction of sp³-hybridized carbons (Fsp3) is 0.300. The number of anilines is 1. The van der Waals surface area contributed by atoms with Crippen LogP contribution in [-0.4, -0.2) is 35.3 Å². The van der Waals surface area contributed by atoms with E-state index >= 15 is 0 Å². The Labute approximate surface area is 90.5 Å². The van der Waals surface area contributed by atoms with Gasteiger partial charge in [-0.2, -0.15) is 0 Å². The summed E-state index contributed by atoms with van der Waals surface area (Å²) in [5.74, 6) is -4.47. The summed E-state index contributed by atoms with van der Waals surface area (Å²) in [6, 6.07) is 5.73. The molecule has 4 nitrogen and oxygen atoms in total. The van der Waals surface area contributed by atoms with Crippen molar-refractivity contribution in [2.45, 2.75) is 5.92 Å². The van der Waals surface area contributed by atoms with Crippen molar-refractivity contribution in [3.05, 3.63) is 29.8 Å². The van der Waals surface area contributed by atoms with Crippen molar-refractivity contribution >= 4 is 11.7 Å². The van der Waals surface area contributed by atoms with Gasteiger partial charge in [-0.1, -0.05) is 12.1 Å². The zero-order valence-corrected chi connectivity index (χ0v) is 8.28. The van der Waals surface area contributed by atoms with E-state index in [1.54, 1.807) is 0 Å². The standard InChI is InChI=1S/C10H11F2NO3/c11-10(12,6-14)5-13-8-4-2-1-3-7(8)9(15)16/h1-4,13-14H,5-6H2,(H,15,16). The lowest BCUT2D eigenvalue weighted by atomic mass is 10.1. The molecule has 0 aliphatic rings. The summed E-state index contributed by atoms with van der Waals surface area (Å²) in [6.07, 6.45) is 0. The number of aliphatic hydroxyl groups is 1. The summed E-state index contributed by atoms with van der Waals surface area (Å²) in [6.45, 7) is -2.09. The molecule has 0 heterocycles. The molecule has 0 saturated heterocycles. The predicted octanol–water partition coefficient (Wildman–Crippen LogP) is 1.42. The van der Waals surface area contributed by atoms with Gasteiger partial charge >= 0.3 is 5.97 Å². The van der Waals surface area contributed by atoms with Crippen LogP contribution in [0.1, 0.15) is 10.4 Å². The molecular formula is C10H11F2NO3. The van der Waals surface area contributed by atoms with Gasteiger partial charge in [0.25, 0.3) is 5.92 Å². The first-order valence-corrected chi connectivity index (χ1v) is 4.51. The summed E-state index contributed by atoms with van der Waals surface area (Å²) in [5, 5.41) is 19.4. The third-order valence-electron chi connectivity index (χ3n) is 1.93. The van der Waals surface area contributed by atoms with Gasteiger partial charge in [-0.3, -0.25) is 0 Å². The van der Waals surface area contributed by atoms with Gasteiger partial charge in [0.15, 0.2) is 0 Å². The number of carboxylic acids is 1. The Bertz CT molecular complexity index is 382. The number of carbonyl (C=O) groups is 1. The maximum Gasteiger partial charge on any atom is 0.337 e. The molecule has 1 aromatic carbocycles. The Kier molecular flexibility index (Phi) is 3.78. The van der Waals surface area contributed by atoms with Crippen LogP contribution < -0.4 is 5.32 Å². The molecule has 0 saturated carbocycles. The van der Waals surface area contributed by atoms with Crippen LogP contribution in [0.4, 0.5) is 14.5 Å². The molecule has 88 valence electrons. The number of hydrogen-bond acceptors (Lipinski definition) is 3. The van der Waals surface area contributed by atoms with Gasteiger partial charge in [0.1, 0.15) is 6.61 Å². The van der Waals surface area contributed by atoms with E-state index in [4.69, 9.17) is 10.2 Å². The van der Waals surface area contributed by atoms with Crippen LogP contribution in [0.15, 0.2) is 24.3 Å². The Hall–Kier alpha value is -1.69. The smallest absolute Gasteiger partial charge is 0.337 e. The molecule has 0 amide bonds. The lowest BCUT2D eigenvalue weighted by molar-refractivity contribution is -0.0373. The van der Waals surface area contributed by atoms with Crippen molar-refractivity contribution in [2.24, 2.45) is 0 Å². The number of alkyl halides is 2. The van der Waals surface area contributed by atoms with Crippen LogP contribution in [0.5, 0.6) is 0 Å². The lowest BCUT2D eigenvalue weighted by Crippen LogP contribution is -2.31. The highest BCUT2D eigenvalue weighted by molar-refractivity contribution is 5.94. The number of carboxylic acid groups (broad SMARTS) is 1. The zero-order valence-electron chi connectivity index (χ0n) is 8.28. The van der Waals surface area contributed by atoms with Gasteiger partial charge < -0.3 is 15.5 Å². The van der Waals surface area contributed by atoms with Gasteiger partial charge in [0.2, 0.25) is 0 Å². The molecule has 0 fully saturated rings. The molecule has 0 aliphatic heterocycles. The second-order valence-corrected chi connectivity index (χ2v) is 3.22. The molecule has 3 N–H and O–H groups in total. The minimum absolute atomic E-state index is 0.0868. The second-order valence-electron chi connectivity index (χ2n) is 3.22. The van der Waals surface area contributed by atoms with Crippen molar-refractivity contribution in [3.8, 4) is 0 Å². The molecule has 6 heteroatoms. The van der Waals surface area contributed by atoms with E-state index in [2.05, 4.69) is 5.32 Å². The number of benzene rings is 1. The maximum atomic E-state index is 12.7. The van der Waals surface area contributed by atoms with E-state index in [1.807, 2.05) is 0 Å². The Morgan fingerprint density at radius 3 is 2.56 bits per heavy atom. The normalized spacial score (nSPS) is 11.2. The number of hydrogen-bond donors (Lipinski definition) is 3. The molecule has 1 rings (SSSR count). The highest BCUT2D eigenvalue weighted by Gasteiger charge is 2.27. The van der Waals surface area contributed by atoms with E-state index in [1.165, 1.54) is 24.3 Å². The summed E-state index contributed by atoms with van der Waals surface area (Å²) in [4.78, 5) is 10.7. The highest BCUT2D eigenvalue weighted by atomic mass is 19.3. The average Bonchev–Trinajstić information content (AvgIpc) is 2.27. The molecule has 0 aromatic heterocycles. The highest BCUT2D eigenvalue weighted by Crippen LogP contribution is 2.18. The summed E-state index contributed by atoms with van der Waals surface area (Å²) >= 11 is 0. The quantitative estimate of drug-likeness (QED) is 0.716. The second kappa shape index (κ2) is 4.89. The lowest BCUT2D eigenvalue weighted by Gasteiger charge is -2.15. The number of nitrogens with one attached hydrogen (secondary N) is 1. The summed E-state index contributed by atoms with van der Waals surface area (Å²) in [7, 11) is 0. The van der Waals surface area contributed by atoms with E-state index in [0.29, 0.717) is 0 Å². The van der Waals surface area contributed by atoms with Gasteiger partial charge in [-0.05, 0) is 12.1 Å². The number of aliphatic hydroxyl groups excluding tert-OH is 1. The molecular weight excluding hydrogens is 220 g/mol. The molecule has 0 atom stereocenters. The average molecular weight is 231 g/mol. The van der Waals surface area contributed by atoms with Crippen molar-refractivity contribution in [1.82, 2.24) is 0 Å². The molecule has 0 unspecified atom stereocenters. The minimum Gasteiger partial charge on any atom is -0.478 e.